The van der Waals surface area contributed by atoms with Crippen LogP contribution in [0.1, 0.15) is 6.92 Å². The monoisotopic (exact) mass is 368 g/mol. The molecule has 1 aliphatic heterocycles. The lowest BCUT2D eigenvalue weighted by Gasteiger charge is -2.23. The Labute approximate surface area is 157 Å². The average molecular weight is 368 g/mol. The largest absolute Gasteiger partial charge is 0.441 e. The first-order valence-corrected chi connectivity index (χ1v) is 9.33. The molecule has 0 aliphatic carbocycles. The van der Waals surface area contributed by atoms with Gasteiger partial charge in [-0.05, 0) is 31.2 Å². The minimum absolute atomic E-state index is 0.0988. The predicted octanol–water partition coefficient (Wildman–Crippen LogP) is 3.44. The van der Waals surface area contributed by atoms with Crippen LogP contribution in [0.4, 0.5) is 5.69 Å². The molecule has 3 rings (SSSR count). The Kier molecular flexibility index (Phi) is 6.27. The fourth-order valence-corrected chi connectivity index (χ4v) is 2.92. The van der Waals surface area contributed by atoms with Crippen LogP contribution >= 0.6 is 11.8 Å². The van der Waals surface area contributed by atoms with Crippen molar-refractivity contribution in [2.75, 3.05) is 24.2 Å². The molecule has 1 N–H and O–H groups in total. The molecule has 2 aromatic rings. The maximum absolute atomic E-state index is 12.1. The summed E-state index contributed by atoms with van der Waals surface area (Å²) in [6.45, 7) is 3.25. The van der Waals surface area contributed by atoms with Gasteiger partial charge in [-0.3, -0.25) is 9.80 Å². The molecule has 0 saturated carbocycles. The van der Waals surface area contributed by atoms with Crippen LogP contribution in [0, 0.1) is 0 Å². The molecule has 1 heterocycles. The van der Waals surface area contributed by atoms with Crippen molar-refractivity contribution in [3.8, 4) is 5.75 Å². The van der Waals surface area contributed by atoms with Gasteiger partial charge in [0.2, 0.25) is 17.0 Å². The van der Waals surface area contributed by atoms with Crippen LogP contribution in [0.5, 0.6) is 5.75 Å². The topological polar surface area (TPSA) is 66.3 Å². The molecule has 1 aliphatic rings. The highest BCUT2D eigenvalue weighted by molar-refractivity contribution is 8.14. The van der Waals surface area contributed by atoms with E-state index in [1.165, 1.54) is 11.8 Å². The zero-order valence-electron chi connectivity index (χ0n) is 14.5. The minimum Gasteiger partial charge on any atom is -0.441 e. The van der Waals surface area contributed by atoms with Gasteiger partial charge in [0.1, 0.15) is 12.3 Å². The number of aliphatic imine (C=N–C) groups is 1. The first-order chi connectivity index (χ1) is 12.7. The van der Waals surface area contributed by atoms with Crippen LogP contribution in [0.2, 0.25) is 0 Å². The number of hydrogen-bond donors (Lipinski definition) is 1. The summed E-state index contributed by atoms with van der Waals surface area (Å²) in [5.74, 6) is 1.43. The highest BCUT2D eigenvalue weighted by atomic mass is 32.2. The van der Waals surface area contributed by atoms with E-state index in [0.29, 0.717) is 17.6 Å². The molecule has 26 heavy (non-hydrogen) atoms. The van der Waals surface area contributed by atoms with Crippen LogP contribution in [-0.2, 0) is 4.79 Å². The van der Waals surface area contributed by atoms with Crippen molar-refractivity contribution in [1.29, 1.82) is 0 Å². The molecule has 0 bridgehead atoms. The second-order valence-corrected chi connectivity index (χ2v) is 6.43. The summed E-state index contributed by atoms with van der Waals surface area (Å²) in [7, 11) is 0. The molecule has 1 amide bonds. The van der Waals surface area contributed by atoms with Gasteiger partial charge in [0.15, 0.2) is 0 Å². The Balaban J connectivity index is 1.59. The van der Waals surface area contributed by atoms with E-state index in [4.69, 9.17) is 4.74 Å². The van der Waals surface area contributed by atoms with E-state index in [1.807, 2.05) is 72.6 Å². The Morgan fingerprint density at radius 3 is 2.54 bits per heavy atom. The van der Waals surface area contributed by atoms with Crippen molar-refractivity contribution in [2.45, 2.75) is 6.92 Å². The lowest BCUT2D eigenvalue weighted by atomic mass is 10.3. The number of para-hydroxylation sites is 2. The minimum atomic E-state index is -0.0988. The fourth-order valence-electron chi connectivity index (χ4n) is 2.25. The number of ether oxygens (including phenoxy) is 1. The van der Waals surface area contributed by atoms with E-state index in [2.05, 4.69) is 15.4 Å². The number of thioether (sulfide) groups is 1. The Bertz CT molecular complexity index is 794. The summed E-state index contributed by atoms with van der Waals surface area (Å²) < 4.78 is 5.83. The Hall–Kier alpha value is -2.80. The molecule has 2 aromatic carbocycles. The molecule has 6 nitrogen and oxygen atoms in total. The van der Waals surface area contributed by atoms with Gasteiger partial charge >= 0.3 is 0 Å². The van der Waals surface area contributed by atoms with Crippen molar-refractivity contribution < 1.29 is 9.53 Å². The summed E-state index contributed by atoms with van der Waals surface area (Å²) in [5, 5.41) is 9.67. The number of anilines is 1. The van der Waals surface area contributed by atoms with Crippen molar-refractivity contribution in [3.05, 3.63) is 60.7 Å². The molecule has 0 radical (unpaired) electrons. The maximum Gasteiger partial charge on any atom is 0.234 e. The lowest BCUT2D eigenvalue weighted by Crippen LogP contribution is -2.33. The van der Waals surface area contributed by atoms with Gasteiger partial charge in [-0.1, -0.05) is 48.2 Å². The summed E-state index contributed by atoms with van der Waals surface area (Å²) in [5.41, 5.74) is 0.774. The smallest absolute Gasteiger partial charge is 0.234 e. The van der Waals surface area contributed by atoms with Gasteiger partial charge in [0.25, 0.3) is 0 Å². The summed E-state index contributed by atoms with van der Waals surface area (Å²) >= 11 is 1.29. The van der Waals surface area contributed by atoms with Crippen molar-refractivity contribution in [2.24, 2.45) is 10.1 Å². The third-order valence-electron chi connectivity index (χ3n) is 3.50. The number of nitrogens with one attached hydrogen (secondary N) is 1. The Morgan fingerprint density at radius 1 is 1.15 bits per heavy atom. The van der Waals surface area contributed by atoms with Gasteiger partial charge in [-0.25, -0.2) is 0 Å². The van der Waals surface area contributed by atoms with Gasteiger partial charge in [-0.15, -0.1) is 5.10 Å². The number of carbonyl (C=O) groups excluding carboxylic acids is 1. The standard InChI is InChI=1S/C19H20N4O2S/c1-2-23-13-18(25-16-11-7-4-8-12-16)21-19(22-23)26-14-17(24)20-15-9-5-3-6-10-15/h3-12H,2,13-14H2,1H3,(H,20,24). The molecule has 7 heteroatoms. The van der Waals surface area contributed by atoms with Crippen molar-refractivity contribution in [3.63, 3.8) is 0 Å². The molecule has 0 fully saturated rings. The van der Waals surface area contributed by atoms with E-state index >= 15 is 0 Å². The van der Waals surface area contributed by atoms with Crippen LogP contribution < -0.4 is 10.1 Å². The first kappa shape index (κ1) is 18.0. The van der Waals surface area contributed by atoms with Gasteiger partial charge in [0, 0.05) is 12.2 Å². The zero-order valence-corrected chi connectivity index (χ0v) is 15.3. The van der Waals surface area contributed by atoms with Gasteiger partial charge in [-0.2, -0.15) is 4.99 Å². The molecular weight excluding hydrogens is 348 g/mol. The second-order valence-electron chi connectivity index (χ2n) is 5.49. The maximum atomic E-state index is 12.1. The van der Waals surface area contributed by atoms with Crippen LogP contribution in [0.3, 0.4) is 0 Å². The predicted molar refractivity (Wildman–Crippen MR) is 107 cm³/mol. The van der Waals surface area contributed by atoms with E-state index in [0.717, 1.165) is 18.0 Å². The summed E-state index contributed by atoms with van der Waals surface area (Å²) in [6.07, 6.45) is 0. The number of rotatable bonds is 5. The van der Waals surface area contributed by atoms with Gasteiger partial charge < -0.3 is 10.1 Å². The molecule has 0 atom stereocenters. The summed E-state index contributed by atoms with van der Waals surface area (Å²) in [6, 6.07) is 18.9. The molecule has 0 aromatic heterocycles. The quantitative estimate of drug-likeness (QED) is 0.878. The highest BCUT2D eigenvalue weighted by Crippen LogP contribution is 2.16. The summed E-state index contributed by atoms with van der Waals surface area (Å²) in [4.78, 5) is 16.5. The van der Waals surface area contributed by atoms with Crippen molar-refractivity contribution >= 4 is 34.4 Å². The SMILES string of the molecule is CCN1CC(Oc2ccccc2)=NC(SCC(=O)Nc2ccccc2)=N1. The number of hydrazone groups is 1. The van der Waals surface area contributed by atoms with E-state index in [1.54, 1.807) is 0 Å². The van der Waals surface area contributed by atoms with E-state index in [9.17, 15) is 4.79 Å². The lowest BCUT2D eigenvalue weighted by molar-refractivity contribution is -0.113. The third kappa shape index (κ3) is 5.35. The number of benzene rings is 2. The number of carbonyl (C=O) groups is 1. The van der Waals surface area contributed by atoms with Crippen LogP contribution in [0.25, 0.3) is 0 Å². The molecular formula is C19H20N4O2S. The van der Waals surface area contributed by atoms with Gasteiger partial charge in [0.05, 0.1) is 5.75 Å². The highest BCUT2D eigenvalue weighted by Gasteiger charge is 2.17. The van der Waals surface area contributed by atoms with Crippen LogP contribution in [-0.4, -0.2) is 40.8 Å². The normalized spacial score (nSPS) is 13.7. The van der Waals surface area contributed by atoms with E-state index < -0.39 is 0 Å². The average Bonchev–Trinajstić information content (AvgIpc) is 2.68. The third-order valence-corrected chi connectivity index (χ3v) is 4.34. The second kappa shape index (κ2) is 9.05. The number of nitrogens with zero attached hydrogens (tertiary/aromatic N) is 3. The number of hydrogen-bond acceptors (Lipinski definition) is 6. The number of amides is 1. The molecule has 0 unspecified atom stereocenters. The van der Waals surface area contributed by atoms with Crippen molar-refractivity contribution in [1.82, 2.24) is 5.01 Å². The van der Waals surface area contributed by atoms with E-state index in [-0.39, 0.29) is 11.7 Å². The molecule has 0 spiro atoms. The number of amidine groups is 1. The molecule has 134 valence electrons. The fraction of sp³-hybridized carbons (Fsp3) is 0.211. The zero-order chi connectivity index (χ0) is 18.2. The molecule has 0 saturated heterocycles. The van der Waals surface area contributed by atoms with Crippen LogP contribution in [0.15, 0.2) is 70.8 Å². The Morgan fingerprint density at radius 2 is 1.85 bits per heavy atom. The first-order valence-electron chi connectivity index (χ1n) is 8.34. The number of likely N-dealkylation sites (N-methyl/N-ethyl adjacent to an activating group) is 1.